The van der Waals surface area contributed by atoms with Gasteiger partial charge in [-0.2, -0.15) is 0 Å². The van der Waals surface area contributed by atoms with Crippen LogP contribution in [0.15, 0.2) is 71.9 Å². The standard InChI is InChI=1S/C22H20N4O3S/c1-14-3-6-16(7-4-14)30(28,29)26-12-11-17-19(26)9-8-18(21(17)23)22(27)25-20-10-5-15(2)13-24-20/h3-13H,23H2,1-2H3,(H,24,25,27). The van der Waals surface area contributed by atoms with Gasteiger partial charge in [-0.3, -0.25) is 4.79 Å². The third-order valence-electron chi connectivity index (χ3n) is 4.85. The first kappa shape index (κ1) is 19.7. The van der Waals surface area contributed by atoms with E-state index in [2.05, 4.69) is 10.3 Å². The number of nitrogen functional groups attached to an aromatic ring is 1. The van der Waals surface area contributed by atoms with E-state index in [0.29, 0.717) is 16.7 Å². The summed E-state index contributed by atoms with van der Waals surface area (Å²) in [7, 11) is -3.79. The van der Waals surface area contributed by atoms with Gasteiger partial charge in [-0.25, -0.2) is 17.4 Å². The number of carbonyl (C=O) groups is 1. The Labute approximate surface area is 174 Å². The number of nitrogens with two attached hydrogens (primary N) is 1. The molecule has 8 heteroatoms. The molecule has 2 heterocycles. The molecular weight excluding hydrogens is 400 g/mol. The summed E-state index contributed by atoms with van der Waals surface area (Å²) in [5.41, 5.74) is 9.02. The van der Waals surface area contributed by atoms with Crippen molar-refractivity contribution in [2.45, 2.75) is 18.7 Å². The number of aryl methyl sites for hydroxylation is 2. The molecule has 2 aromatic carbocycles. The Bertz CT molecular complexity index is 1360. The molecule has 3 N–H and O–H groups in total. The molecule has 0 aliphatic heterocycles. The number of aromatic nitrogens is 2. The van der Waals surface area contributed by atoms with Crippen LogP contribution in [-0.2, 0) is 10.0 Å². The second-order valence-electron chi connectivity index (χ2n) is 7.06. The molecule has 4 rings (SSSR count). The van der Waals surface area contributed by atoms with E-state index in [0.717, 1.165) is 11.1 Å². The smallest absolute Gasteiger partial charge is 0.268 e. The predicted octanol–water partition coefficient (Wildman–Crippen LogP) is 3.72. The Morgan fingerprint density at radius 1 is 0.967 bits per heavy atom. The van der Waals surface area contributed by atoms with E-state index < -0.39 is 15.9 Å². The molecule has 0 saturated heterocycles. The Kier molecular flexibility index (Phi) is 4.79. The van der Waals surface area contributed by atoms with Crippen molar-refractivity contribution in [1.29, 1.82) is 0 Å². The fourth-order valence-electron chi connectivity index (χ4n) is 3.17. The number of pyridine rings is 1. The predicted molar refractivity (Wildman–Crippen MR) is 117 cm³/mol. The first-order valence-electron chi connectivity index (χ1n) is 9.23. The first-order valence-corrected chi connectivity index (χ1v) is 10.7. The van der Waals surface area contributed by atoms with Crippen LogP contribution in [0.5, 0.6) is 0 Å². The van der Waals surface area contributed by atoms with Crippen molar-refractivity contribution in [2.75, 3.05) is 11.1 Å². The van der Waals surface area contributed by atoms with Gasteiger partial charge in [0.1, 0.15) is 5.82 Å². The van der Waals surface area contributed by atoms with E-state index in [1.54, 1.807) is 48.7 Å². The monoisotopic (exact) mass is 420 g/mol. The Morgan fingerprint density at radius 3 is 2.33 bits per heavy atom. The molecule has 0 aliphatic carbocycles. The number of carbonyl (C=O) groups excluding carboxylic acids is 1. The highest BCUT2D eigenvalue weighted by atomic mass is 32.2. The van der Waals surface area contributed by atoms with Crippen molar-refractivity contribution in [3.05, 3.63) is 83.7 Å². The van der Waals surface area contributed by atoms with Crippen LogP contribution in [-0.4, -0.2) is 23.3 Å². The maximum Gasteiger partial charge on any atom is 0.268 e. The third kappa shape index (κ3) is 3.42. The van der Waals surface area contributed by atoms with Crippen molar-refractivity contribution in [3.8, 4) is 0 Å². The largest absolute Gasteiger partial charge is 0.398 e. The van der Waals surface area contributed by atoms with E-state index in [1.807, 2.05) is 19.9 Å². The highest BCUT2D eigenvalue weighted by molar-refractivity contribution is 7.90. The Morgan fingerprint density at radius 2 is 1.67 bits per heavy atom. The van der Waals surface area contributed by atoms with E-state index in [9.17, 15) is 13.2 Å². The normalized spacial score (nSPS) is 11.5. The summed E-state index contributed by atoms with van der Waals surface area (Å²) < 4.78 is 27.3. The second-order valence-corrected chi connectivity index (χ2v) is 8.88. The van der Waals surface area contributed by atoms with Gasteiger partial charge in [-0.1, -0.05) is 23.8 Å². The summed E-state index contributed by atoms with van der Waals surface area (Å²) in [6, 6.07) is 14.8. The quantitative estimate of drug-likeness (QED) is 0.489. The minimum Gasteiger partial charge on any atom is -0.398 e. The average molecular weight is 420 g/mol. The molecule has 152 valence electrons. The SMILES string of the molecule is Cc1ccc(S(=O)(=O)n2ccc3c(N)c(C(=O)Nc4ccc(C)cn4)ccc32)cc1. The molecule has 2 aromatic heterocycles. The molecule has 30 heavy (non-hydrogen) atoms. The summed E-state index contributed by atoms with van der Waals surface area (Å²) in [6.07, 6.45) is 3.09. The van der Waals surface area contributed by atoms with Gasteiger partial charge >= 0.3 is 0 Å². The van der Waals surface area contributed by atoms with Gasteiger partial charge in [0.05, 0.1) is 21.7 Å². The topological polar surface area (TPSA) is 107 Å². The fourth-order valence-corrected chi connectivity index (χ4v) is 4.52. The van der Waals surface area contributed by atoms with Crippen molar-refractivity contribution in [2.24, 2.45) is 0 Å². The molecule has 0 fully saturated rings. The molecule has 0 aliphatic rings. The van der Waals surface area contributed by atoms with Crippen LogP contribution in [0.1, 0.15) is 21.5 Å². The number of nitrogens with zero attached hydrogens (tertiary/aromatic N) is 2. The van der Waals surface area contributed by atoms with Crippen LogP contribution in [0.2, 0.25) is 0 Å². The lowest BCUT2D eigenvalue weighted by molar-refractivity contribution is 0.102. The van der Waals surface area contributed by atoms with E-state index in [-0.39, 0.29) is 16.1 Å². The number of benzene rings is 2. The highest BCUT2D eigenvalue weighted by Gasteiger charge is 2.21. The number of hydrogen-bond donors (Lipinski definition) is 2. The van der Waals surface area contributed by atoms with Gasteiger partial charge in [0.15, 0.2) is 0 Å². The lowest BCUT2D eigenvalue weighted by Gasteiger charge is -2.11. The summed E-state index contributed by atoms with van der Waals surface area (Å²) >= 11 is 0. The second kappa shape index (κ2) is 7.31. The molecule has 0 radical (unpaired) electrons. The zero-order valence-corrected chi connectivity index (χ0v) is 17.3. The van der Waals surface area contributed by atoms with E-state index in [4.69, 9.17) is 5.73 Å². The van der Waals surface area contributed by atoms with Crippen LogP contribution >= 0.6 is 0 Å². The molecular formula is C22H20N4O3S. The number of rotatable bonds is 4. The Hall–Kier alpha value is -3.65. The lowest BCUT2D eigenvalue weighted by atomic mass is 10.1. The van der Waals surface area contributed by atoms with Crippen LogP contribution < -0.4 is 11.1 Å². The summed E-state index contributed by atoms with van der Waals surface area (Å²) in [5.74, 6) is -0.00971. The highest BCUT2D eigenvalue weighted by Crippen LogP contribution is 2.29. The number of fused-ring (bicyclic) bond motifs is 1. The summed E-state index contributed by atoms with van der Waals surface area (Å²) in [4.78, 5) is 17.0. The summed E-state index contributed by atoms with van der Waals surface area (Å²) in [6.45, 7) is 3.79. The maximum absolute atomic E-state index is 13.1. The van der Waals surface area contributed by atoms with Crippen molar-refractivity contribution >= 4 is 38.3 Å². The lowest BCUT2D eigenvalue weighted by Crippen LogP contribution is -2.15. The zero-order chi connectivity index (χ0) is 21.5. The minimum atomic E-state index is -3.79. The van der Waals surface area contributed by atoms with E-state index >= 15 is 0 Å². The Balaban J connectivity index is 1.72. The van der Waals surface area contributed by atoms with Crippen LogP contribution in [0.4, 0.5) is 11.5 Å². The fraction of sp³-hybridized carbons (Fsp3) is 0.0909. The molecule has 1 amide bonds. The number of amides is 1. The van der Waals surface area contributed by atoms with Gasteiger partial charge < -0.3 is 11.1 Å². The first-order chi connectivity index (χ1) is 14.3. The van der Waals surface area contributed by atoms with Crippen LogP contribution in [0.25, 0.3) is 10.9 Å². The van der Waals surface area contributed by atoms with Crippen molar-refractivity contribution < 1.29 is 13.2 Å². The molecule has 0 unspecified atom stereocenters. The zero-order valence-electron chi connectivity index (χ0n) is 16.5. The average Bonchev–Trinajstić information content (AvgIpc) is 3.16. The molecule has 0 atom stereocenters. The van der Waals surface area contributed by atoms with Gasteiger partial charge in [0.2, 0.25) is 0 Å². The molecule has 0 spiro atoms. The summed E-state index contributed by atoms with van der Waals surface area (Å²) in [5, 5.41) is 3.19. The van der Waals surface area contributed by atoms with Crippen LogP contribution in [0.3, 0.4) is 0 Å². The van der Waals surface area contributed by atoms with Gasteiger partial charge in [0.25, 0.3) is 15.9 Å². The number of nitrogens with one attached hydrogen (secondary N) is 1. The van der Waals surface area contributed by atoms with Gasteiger partial charge in [0, 0.05) is 17.8 Å². The van der Waals surface area contributed by atoms with Crippen LogP contribution in [0, 0.1) is 13.8 Å². The van der Waals surface area contributed by atoms with E-state index in [1.165, 1.54) is 16.2 Å². The van der Waals surface area contributed by atoms with Gasteiger partial charge in [-0.15, -0.1) is 0 Å². The third-order valence-corrected chi connectivity index (χ3v) is 6.56. The molecule has 4 aromatic rings. The minimum absolute atomic E-state index is 0.177. The molecule has 7 nitrogen and oxygen atoms in total. The molecule has 0 saturated carbocycles. The van der Waals surface area contributed by atoms with Gasteiger partial charge in [-0.05, 0) is 55.8 Å². The van der Waals surface area contributed by atoms with Crippen molar-refractivity contribution in [3.63, 3.8) is 0 Å². The molecule has 0 bridgehead atoms. The number of hydrogen-bond acceptors (Lipinski definition) is 5. The maximum atomic E-state index is 13.1. The number of anilines is 2. The van der Waals surface area contributed by atoms with Crippen molar-refractivity contribution in [1.82, 2.24) is 8.96 Å².